The number of fused-ring (bicyclic) bond motifs is 1. The predicted molar refractivity (Wildman–Crippen MR) is 132 cm³/mol. The Kier molecular flexibility index (Phi) is 7.72. The molecule has 2 heterocycles. The molecule has 0 aliphatic carbocycles. The predicted octanol–water partition coefficient (Wildman–Crippen LogP) is 4.71. The minimum absolute atomic E-state index is 0.0160. The topological polar surface area (TPSA) is 114 Å². The van der Waals surface area contributed by atoms with E-state index in [4.69, 9.17) is 21.1 Å². The normalized spacial score (nSPS) is 14.8. The van der Waals surface area contributed by atoms with Crippen molar-refractivity contribution in [1.82, 2.24) is 14.9 Å². The average Bonchev–Trinajstić information content (AvgIpc) is 2.89. The zero-order valence-corrected chi connectivity index (χ0v) is 20.7. The van der Waals surface area contributed by atoms with E-state index in [0.717, 1.165) is 6.07 Å². The molecule has 12 heteroatoms. The van der Waals surface area contributed by atoms with Gasteiger partial charge < -0.3 is 24.8 Å². The number of anilines is 2. The number of hydrogen-bond donors (Lipinski definition) is 2. The number of ether oxygens (including phenoxy) is 2. The van der Waals surface area contributed by atoms with Gasteiger partial charge in [-0.3, -0.25) is 4.79 Å². The summed E-state index contributed by atoms with van der Waals surface area (Å²) in [7, 11) is 1.49. The first-order valence-corrected chi connectivity index (χ1v) is 11.7. The number of aromatic nitrogens is 2. The number of benzene rings is 2. The molecule has 1 aliphatic heterocycles. The number of piperidine rings is 1. The minimum Gasteiger partial charge on any atom is -0.493 e. The molecule has 2 aromatic carbocycles. The van der Waals surface area contributed by atoms with Crippen molar-refractivity contribution in [3.63, 3.8) is 0 Å². The van der Waals surface area contributed by atoms with Gasteiger partial charge in [-0.25, -0.2) is 23.5 Å². The average molecular weight is 533 g/mol. The molecule has 37 heavy (non-hydrogen) atoms. The van der Waals surface area contributed by atoms with E-state index in [1.165, 1.54) is 26.4 Å². The van der Waals surface area contributed by atoms with E-state index in [1.54, 1.807) is 17.0 Å². The second-order valence-electron chi connectivity index (χ2n) is 8.35. The maximum absolute atomic E-state index is 14.5. The Labute approximate surface area is 215 Å². The van der Waals surface area contributed by atoms with Crippen molar-refractivity contribution in [3.05, 3.63) is 58.5 Å². The number of nitrogens with one attached hydrogen (secondary N) is 1. The zero-order valence-electron chi connectivity index (χ0n) is 19.9. The molecule has 1 aromatic heterocycles. The van der Waals surface area contributed by atoms with Gasteiger partial charge in [-0.1, -0.05) is 11.6 Å². The van der Waals surface area contributed by atoms with Crippen molar-refractivity contribution in [2.24, 2.45) is 0 Å². The Bertz CT molecular complexity index is 1390. The summed E-state index contributed by atoms with van der Waals surface area (Å²) in [4.78, 5) is 32.8. The molecule has 0 spiro atoms. The largest absolute Gasteiger partial charge is 0.493 e. The van der Waals surface area contributed by atoms with Crippen LogP contribution < -0.4 is 14.8 Å². The first-order valence-electron chi connectivity index (χ1n) is 11.3. The van der Waals surface area contributed by atoms with Gasteiger partial charge in [0.2, 0.25) is 0 Å². The Hall–Kier alpha value is -3.99. The van der Waals surface area contributed by atoms with Gasteiger partial charge in [-0.2, -0.15) is 0 Å². The third-order valence-corrected chi connectivity index (χ3v) is 6.36. The lowest BCUT2D eigenvalue weighted by Crippen LogP contribution is -2.40. The lowest BCUT2D eigenvalue weighted by molar-refractivity contribution is -0.135. The lowest BCUT2D eigenvalue weighted by atomic mass is 10.1. The number of allylic oxidation sites excluding steroid dienone is 1. The molecule has 4 rings (SSSR count). The van der Waals surface area contributed by atoms with Gasteiger partial charge in [-0.15, -0.1) is 0 Å². The first kappa shape index (κ1) is 26.1. The fourth-order valence-corrected chi connectivity index (χ4v) is 4.32. The van der Waals surface area contributed by atoms with Crippen LogP contribution in [0.15, 0.2) is 41.9 Å². The molecule has 2 N–H and O–H groups in total. The minimum atomic E-state index is -1.15. The van der Waals surface area contributed by atoms with Crippen LogP contribution in [-0.2, 0) is 9.59 Å². The van der Waals surface area contributed by atoms with Crippen molar-refractivity contribution in [2.75, 3.05) is 25.5 Å². The molecule has 1 fully saturated rings. The number of rotatable bonds is 8. The number of carboxylic acids is 1. The maximum atomic E-state index is 14.5. The van der Waals surface area contributed by atoms with Crippen LogP contribution in [0.1, 0.15) is 19.8 Å². The molecule has 9 nitrogen and oxygen atoms in total. The van der Waals surface area contributed by atoms with Crippen molar-refractivity contribution < 1.29 is 33.0 Å². The highest BCUT2D eigenvalue weighted by Crippen LogP contribution is 2.37. The van der Waals surface area contributed by atoms with Gasteiger partial charge in [0.05, 0.1) is 18.3 Å². The third kappa shape index (κ3) is 5.41. The van der Waals surface area contributed by atoms with Crippen molar-refractivity contribution in [3.8, 4) is 11.5 Å². The molecular formula is C25H23ClF2N4O5. The molecule has 1 saturated heterocycles. The second kappa shape index (κ2) is 11.0. The van der Waals surface area contributed by atoms with E-state index in [0.29, 0.717) is 54.6 Å². The summed E-state index contributed by atoms with van der Waals surface area (Å²) in [6, 6.07) is 5.57. The molecule has 3 aromatic rings. The molecule has 0 atom stereocenters. The third-order valence-electron chi connectivity index (χ3n) is 6.01. The van der Waals surface area contributed by atoms with Crippen LogP contribution in [0, 0.1) is 11.6 Å². The van der Waals surface area contributed by atoms with Gasteiger partial charge in [0, 0.05) is 43.0 Å². The van der Waals surface area contributed by atoms with E-state index in [2.05, 4.69) is 15.3 Å². The molecule has 0 saturated carbocycles. The number of nitrogens with zero attached hydrogens (tertiary/aromatic N) is 3. The van der Waals surface area contributed by atoms with E-state index in [1.807, 2.05) is 0 Å². The van der Waals surface area contributed by atoms with Crippen LogP contribution in [0.3, 0.4) is 0 Å². The van der Waals surface area contributed by atoms with Crippen molar-refractivity contribution >= 4 is 46.3 Å². The van der Waals surface area contributed by atoms with Crippen LogP contribution in [-0.4, -0.2) is 58.5 Å². The number of aliphatic carboxylic acids is 1. The summed E-state index contributed by atoms with van der Waals surface area (Å²) < 4.78 is 39.7. The van der Waals surface area contributed by atoms with E-state index in [9.17, 15) is 23.5 Å². The summed E-state index contributed by atoms with van der Waals surface area (Å²) >= 11 is 5.70. The van der Waals surface area contributed by atoms with Gasteiger partial charge >= 0.3 is 5.97 Å². The quantitative estimate of drug-likeness (QED) is 0.242. The molecule has 1 aliphatic rings. The number of halogens is 3. The van der Waals surface area contributed by atoms with Crippen LogP contribution in [0.25, 0.3) is 10.9 Å². The molecule has 0 bridgehead atoms. The van der Waals surface area contributed by atoms with Crippen molar-refractivity contribution in [1.29, 1.82) is 0 Å². The van der Waals surface area contributed by atoms with E-state index in [-0.39, 0.29) is 28.9 Å². The Morgan fingerprint density at radius 3 is 2.59 bits per heavy atom. The molecule has 0 amide bonds. The number of methoxy groups -OCH3 is 1. The summed E-state index contributed by atoms with van der Waals surface area (Å²) in [5.41, 5.74) is 0.565. The lowest BCUT2D eigenvalue weighted by Gasteiger charge is -2.34. The van der Waals surface area contributed by atoms with Crippen LogP contribution in [0.2, 0.25) is 5.02 Å². The number of carboxylic acid groups (broad SMARTS) is 1. The molecule has 0 radical (unpaired) electrons. The zero-order chi connectivity index (χ0) is 26.7. The Morgan fingerprint density at radius 2 is 1.95 bits per heavy atom. The molecular weight excluding hydrogens is 510 g/mol. The van der Waals surface area contributed by atoms with E-state index >= 15 is 0 Å². The highest BCUT2D eigenvalue weighted by molar-refractivity contribution is 6.31. The summed E-state index contributed by atoms with van der Waals surface area (Å²) in [6.07, 6.45) is 2.56. The SMILES string of the molecule is COc1cc2ncnc(Nc3ccc(F)c(Cl)c3F)c2cc1OC1CCN(C(C(=O)O)=C(C)C=O)CC1. The number of aldehydes is 1. The monoisotopic (exact) mass is 532 g/mol. The van der Waals surface area contributed by atoms with Gasteiger partial charge in [-0.05, 0) is 25.1 Å². The Balaban J connectivity index is 1.59. The standard InChI is InChI=1S/C25H23ClF2N4O5/c1-13(11-33)23(25(34)35)32-7-5-14(6-8-32)37-20-9-15-18(10-19(20)36-2)29-12-30-24(15)31-17-4-3-16(27)21(26)22(17)28/h3-4,9-12,14H,5-8H2,1-2H3,(H,34,35)(H,29,30,31). The van der Waals surface area contributed by atoms with Gasteiger partial charge in [0.25, 0.3) is 0 Å². The van der Waals surface area contributed by atoms with Crippen LogP contribution in [0.4, 0.5) is 20.3 Å². The first-order chi connectivity index (χ1) is 17.7. The molecule has 0 unspecified atom stereocenters. The summed E-state index contributed by atoms with van der Waals surface area (Å²) in [5.74, 6) is -1.94. The highest BCUT2D eigenvalue weighted by Gasteiger charge is 2.27. The van der Waals surface area contributed by atoms with Gasteiger partial charge in [0.1, 0.15) is 41.1 Å². The van der Waals surface area contributed by atoms with Crippen LogP contribution in [0.5, 0.6) is 11.5 Å². The fourth-order valence-electron chi connectivity index (χ4n) is 4.15. The number of carbonyl (C=O) groups is 2. The smallest absolute Gasteiger partial charge is 0.352 e. The van der Waals surface area contributed by atoms with Gasteiger partial charge in [0.15, 0.2) is 17.3 Å². The summed E-state index contributed by atoms with van der Waals surface area (Å²) in [6.45, 7) is 2.24. The highest BCUT2D eigenvalue weighted by atomic mass is 35.5. The fraction of sp³-hybridized carbons (Fsp3) is 0.280. The maximum Gasteiger partial charge on any atom is 0.352 e. The Morgan fingerprint density at radius 1 is 1.22 bits per heavy atom. The van der Waals surface area contributed by atoms with E-state index < -0.39 is 22.6 Å². The molecule has 194 valence electrons. The number of carbonyl (C=O) groups excluding carboxylic acids is 1. The van der Waals surface area contributed by atoms with Crippen molar-refractivity contribution in [2.45, 2.75) is 25.9 Å². The van der Waals surface area contributed by atoms with Crippen LogP contribution >= 0.6 is 11.6 Å². The number of hydrogen-bond acceptors (Lipinski definition) is 8. The number of likely N-dealkylation sites (tertiary alicyclic amines) is 1. The summed E-state index contributed by atoms with van der Waals surface area (Å²) in [5, 5.41) is 12.2. The second-order valence-corrected chi connectivity index (χ2v) is 8.73.